The normalized spacial score (nSPS) is 9.94. The SMILES string of the molecule is CC(=O)NCc1ccccc1-c1ccccc1. The van der Waals surface area contributed by atoms with E-state index in [2.05, 4.69) is 23.5 Å². The monoisotopic (exact) mass is 225 g/mol. The number of hydrogen-bond donors (Lipinski definition) is 1. The summed E-state index contributed by atoms with van der Waals surface area (Å²) >= 11 is 0. The van der Waals surface area contributed by atoms with Gasteiger partial charge in [0.15, 0.2) is 0 Å². The maximum Gasteiger partial charge on any atom is 0.217 e. The highest BCUT2D eigenvalue weighted by atomic mass is 16.1. The standard InChI is InChI=1S/C15H15NO/c1-12(17)16-11-14-9-5-6-10-15(14)13-7-3-2-4-8-13/h2-10H,11H2,1H3,(H,16,17). The van der Waals surface area contributed by atoms with Crippen LogP contribution in [0.2, 0.25) is 0 Å². The second kappa shape index (κ2) is 5.30. The van der Waals surface area contributed by atoms with Crippen molar-refractivity contribution in [3.63, 3.8) is 0 Å². The van der Waals surface area contributed by atoms with E-state index >= 15 is 0 Å². The molecule has 0 saturated heterocycles. The molecule has 17 heavy (non-hydrogen) atoms. The highest BCUT2D eigenvalue weighted by Gasteiger charge is 2.03. The Kier molecular flexibility index (Phi) is 3.55. The van der Waals surface area contributed by atoms with E-state index in [0.717, 1.165) is 5.56 Å². The maximum atomic E-state index is 11.0. The van der Waals surface area contributed by atoms with E-state index < -0.39 is 0 Å². The fraction of sp³-hybridized carbons (Fsp3) is 0.133. The van der Waals surface area contributed by atoms with Crippen molar-refractivity contribution in [3.8, 4) is 11.1 Å². The van der Waals surface area contributed by atoms with Crippen LogP contribution in [0.1, 0.15) is 12.5 Å². The van der Waals surface area contributed by atoms with Crippen LogP contribution in [0.3, 0.4) is 0 Å². The van der Waals surface area contributed by atoms with Gasteiger partial charge in [0.05, 0.1) is 0 Å². The topological polar surface area (TPSA) is 29.1 Å². The quantitative estimate of drug-likeness (QED) is 0.854. The maximum absolute atomic E-state index is 11.0. The zero-order valence-electron chi connectivity index (χ0n) is 9.81. The second-order valence-electron chi connectivity index (χ2n) is 3.93. The molecule has 0 bridgehead atoms. The van der Waals surface area contributed by atoms with Gasteiger partial charge in [-0.25, -0.2) is 0 Å². The predicted molar refractivity (Wildman–Crippen MR) is 69.4 cm³/mol. The highest BCUT2D eigenvalue weighted by molar-refractivity contribution is 5.74. The number of amides is 1. The average Bonchev–Trinajstić information content (AvgIpc) is 2.38. The molecule has 0 heterocycles. The number of carbonyl (C=O) groups excluding carboxylic acids is 1. The van der Waals surface area contributed by atoms with Crippen molar-refractivity contribution < 1.29 is 4.79 Å². The molecule has 0 aliphatic carbocycles. The molecule has 0 saturated carbocycles. The Labute approximate surface area is 101 Å². The van der Waals surface area contributed by atoms with Crippen LogP contribution in [0, 0.1) is 0 Å². The highest BCUT2D eigenvalue weighted by Crippen LogP contribution is 2.23. The molecule has 2 nitrogen and oxygen atoms in total. The first kappa shape index (κ1) is 11.4. The Morgan fingerprint density at radius 3 is 2.35 bits per heavy atom. The minimum Gasteiger partial charge on any atom is -0.352 e. The van der Waals surface area contributed by atoms with E-state index in [1.54, 1.807) is 0 Å². The van der Waals surface area contributed by atoms with Gasteiger partial charge in [0.2, 0.25) is 5.91 Å². The summed E-state index contributed by atoms with van der Waals surface area (Å²) in [6.07, 6.45) is 0. The molecule has 2 heteroatoms. The molecule has 0 unspecified atom stereocenters. The van der Waals surface area contributed by atoms with E-state index in [4.69, 9.17) is 0 Å². The summed E-state index contributed by atoms with van der Waals surface area (Å²) in [5.74, 6) is -0.00661. The van der Waals surface area contributed by atoms with Crippen molar-refractivity contribution in [3.05, 3.63) is 60.2 Å². The first-order chi connectivity index (χ1) is 8.27. The van der Waals surface area contributed by atoms with Crippen molar-refractivity contribution in [1.29, 1.82) is 0 Å². The van der Waals surface area contributed by atoms with Gasteiger partial charge in [0.1, 0.15) is 0 Å². The lowest BCUT2D eigenvalue weighted by Crippen LogP contribution is -2.19. The van der Waals surface area contributed by atoms with Crippen LogP contribution in [0.15, 0.2) is 54.6 Å². The molecule has 1 amide bonds. The number of carbonyl (C=O) groups is 1. The summed E-state index contributed by atoms with van der Waals surface area (Å²) in [7, 11) is 0. The lowest BCUT2D eigenvalue weighted by Gasteiger charge is -2.09. The first-order valence-electron chi connectivity index (χ1n) is 5.65. The molecule has 0 fully saturated rings. The third kappa shape index (κ3) is 2.94. The number of nitrogens with one attached hydrogen (secondary N) is 1. The molecular weight excluding hydrogens is 210 g/mol. The van der Waals surface area contributed by atoms with Crippen molar-refractivity contribution in [1.82, 2.24) is 5.32 Å². The molecule has 2 rings (SSSR count). The van der Waals surface area contributed by atoms with Crippen LogP contribution in [-0.2, 0) is 11.3 Å². The van der Waals surface area contributed by atoms with Gasteiger partial charge >= 0.3 is 0 Å². The summed E-state index contributed by atoms with van der Waals surface area (Å²) in [5, 5.41) is 2.83. The fourth-order valence-electron chi connectivity index (χ4n) is 1.79. The van der Waals surface area contributed by atoms with Crippen LogP contribution >= 0.6 is 0 Å². The van der Waals surface area contributed by atoms with Crippen molar-refractivity contribution in [2.45, 2.75) is 13.5 Å². The molecule has 0 aromatic heterocycles. The zero-order valence-corrected chi connectivity index (χ0v) is 9.81. The average molecular weight is 225 g/mol. The molecule has 0 spiro atoms. The molecular formula is C15H15NO. The Bertz CT molecular complexity index is 505. The second-order valence-corrected chi connectivity index (χ2v) is 3.93. The smallest absolute Gasteiger partial charge is 0.217 e. The Morgan fingerprint density at radius 1 is 1.00 bits per heavy atom. The number of benzene rings is 2. The van der Waals surface area contributed by atoms with E-state index in [9.17, 15) is 4.79 Å². The van der Waals surface area contributed by atoms with Gasteiger partial charge in [-0.1, -0.05) is 54.6 Å². The summed E-state index contributed by atoms with van der Waals surface area (Å²) < 4.78 is 0. The fourth-order valence-corrected chi connectivity index (χ4v) is 1.79. The lowest BCUT2D eigenvalue weighted by molar-refractivity contribution is -0.119. The van der Waals surface area contributed by atoms with Crippen LogP contribution < -0.4 is 5.32 Å². The van der Waals surface area contributed by atoms with Crippen molar-refractivity contribution in [2.75, 3.05) is 0 Å². The van der Waals surface area contributed by atoms with E-state index in [0.29, 0.717) is 6.54 Å². The van der Waals surface area contributed by atoms with Gasteiger partial charge in [-0.2, -0.15) is 0 Å². The molecule has 0 aliphatic heterocycles. The molecule has 0 aliphatic rings. The minimum absolute atomic E-state index is 0.00661. The van der Waals surface area contributed by atoms with E-state index in [1.807, 2.05) is 36.4 Å². The third-order valence-electron chi connectivity index (χ3n) is 2.63. The summed E-state index contributed by atoms with van der Waals surface area (Å²) in [6.45, 7) is 2.10. The molecule has 2 aromatic rings. The van der Waals surface area contributed by atoms with Gasteiger partial charge in [-0.3, -0.25) is 4.79 Å². The van der Waals surface area contributed by atoms with Crippen LogP contribution in [0.25, 0.3) is 11.1 Å². The largest absolute Gasteiger partial charge is 0.352 e. The van der Waals surface area contributed by atoms with Crippen molar-refractivity contribution >= 4 is 5.91 Å². The third-order valence-corrected chi connectivity index (χ3v) is 2.63. The summed E-state index contributed by atoms with van der Waals surface area (Å²) in [4.78, 5) is 11.0. The van der Waals surface area contributed by atoms with Gasteiger partial charge in [-0.05, 0) is 16.7 Å². The number of rotatable bonds is 3. The number of hydrogen-bond acceptors (Lipinski definition) is 1. The Morgan fingerprint density at radius 2 is 1.65 bits per heavy atom. The Balaban J connectivity index is 2.31. The lowest BCUT2D eigenvalue weighted by atomic mass is 10.00. The molecule has 86 valence electrons. The molecule has 0 radical (unpaired) electrons. The minimum atomic E-state index is -0.00661. The first-order valence-corrected chi connectivity index (χ1v) is 5.65. The van der Waals surface area contributed by atoms with Crippen molar-refractivity contribution in [2.24, 2.45) is 0 Å². The molecule has 0 atom stereocenters. The van der Waals surface area contributed by atoms with Gasteiger partial charge < -0.3 is 5.32 Å². The Hall–Kier alpha value is -2.09. The van der Waals surface area contributed by atoms with Gasteiger partial charge in [-0.15, -0.1) is 0 Å². The van der Waals surface area contributed by atoms with Crippen LogP contribution in [0.5, 0.6) is 0 Å². The summed E-state index contributed by atoms with van der Waals surface area (Å²) in [6, 6.07) is 18.3. The van der Waals surface area contributed by atoms with Gasteiger partial charge in [0, 0.05) is 13.5 Å². The zero-order chi connectivity index (χ0) is 12.1. The predicted octanol–water partition coefficient (Wildman–Crippen LogP) is 2.99. The summed E-state index contributed by atoms with van der Waals surface area (Å²) in [5.41, 5.74) is 3.48. The molecule has 1 N–H and O–H groups in total. The van der Waals surface area contributed by atoms with E-state index in [1.165, 1.54) is 18.1 Å². The molecule has 2 aromatic carbocycles. The van der Waals surface area contributed by atoms with Crippen LogP contribution in [-0.4, -0.2) is 5.91 Å². The van der Waals surface area contributed by atoms with E-state index in [-0.39, 0.29) is 5.91 Å². The van der Waals surface area contributed by atoms with Gasteiger partial charge in [0.25, 0.3) is 0 Å². The van der Waals surface area contributed by atoms with Crippen LogP contribution in [0.4, 0.5) is 0 Å².